The highest BCUT2D eigenvalue weighted by Crippen LogP contribution is 2.29. The molecule has 30 heavy (non-hydrogen) atoms. The summed E-state index contributed by atoms with van der Waals surface area (Å²) in [4.78, 5) is 40.7. The Kier molecular flexibility index (Phi) is 6.94. The molecule has 2 aliphatic rings. The van der Waals surface area contributed by atoms with E-state index in [1.54, 1.807) is 38.0 Å². The Bertz CT molecular complexity index is 828. The lowest BCUT2D eigenvalue weighted by molar-refractivity contribution is -0.139. The van der Waals surface area contributed by atoms with Crippen LogP contribution in [0.2, 0.25) is 0 Å². The summed E-state index contributed by atoms with van der Waals surface area (Å²) in [6.45, 7) is 6.48. The van der Waals surface area contributed by atoms with Crippen molar-refractivity contribution in [1.82, 2.24) is 20.4 Å². The highest BCUT2D eigenvalue weighted by Gasteiger charge is 2.34. The van der Waals surface area contributed by atoms with Crippen LogP contribution in [0, 0.1) is 0 Å². The first-order valence-corrected chi connectivity index (χ1v) is 10.0. The van der Waals surface area contributed by atoms with E-state index in [0.717, 1.165) is 5.56 Å². The van der Waals surface area contributed by atoms with E-state index < -0.39 is 12.0 Å². The number of ether oxygens (including phenoxy) is 2. The zero-order valence-electron chi connectivity index (χ0n) is 17.6. The van der Waals surface area contributed by atoms with Crippen LogP contribution in [0.5, 0.6) is 5.75 Å². The van der Waals surface area contributed by atoms with Crippen molar-refractivity contribution in [3.05, 3.63) is 41.1 Å². The number of hydrogen-bond donors (Lipinski definition) is 2. The second kappa shape index (κ2) is 9.62. The fourth-order valence-electron chi connectivity index (χ4n) is 3.68. The number of piperazine rings is 1. The molecule has 1 saturated heterocycles. The van der Waals surface area contributed by atoms with Crippen LogP contribution in [0.1, 0.15) is 25.5 Å². The monoisotopic (exact) mass is 416 g/mol. The average Bonchev–Trinajstić information content (AvgIpc) is 2.74. The van der Waals surface area contributed by atoms with Crippen molar-refractivity contribution >= 4 is 17.9 Å². The van der Waals surface area contributed by atoms with Crippen LogP contribution in [0.25, 0.3) is 0 Å². The molecule has 9 heteroatoms. The normalized spacial score (nSPS) is 19.8. The predicted molar refractivity (Wildman–Crippen MR) is 110 cm³/mol. The van der Waals surface area contributed by atoms with E-state index in [-0.39, 0.29) is 18.5 Å². The fourth-order valence-corrected chi connectivity index (χ4v) is 3.68. The van der Waals surface area contributed by atoms with E-state index in [1.807, 2.05) is 12.1 Å². The minimum Gasteiger partial charge on any atom is -0.497 e. The van der Waals surface area contributed by atoms with E-state index >= 15 is 0 Å². The number of carbonyl (C=O) groups excluding carboxylic acids is 3. The molecule has 1 unspecified atom stereocenters. The number of amides is 3. The third kappa shape index (κ3) is 4.91. The molecule has 3 rings (SSSR count). The van der Waals surface area contributed by atoms with Gasteiger partial charge >= 0.3 is 12.0 Å². The first-order valence-electron chi connectivity index (χ1n) is 10.0. The Morgan fingerprint density at radius 2 is 1.80 bits per heavy atom. The number of esters is 1. The number of methoxy groups -OCH3 is 1. The van der Waals surface area contributed by atoms with Gasteiger partial charge in [-0.1, -0.05) is 12.1 Å². The van der Waals surface area contributed by atoms with E-state index in [2.05, 4.69) is 15.5 Å². The number of rotatable bonds is 6. The van der Waals surface area contributed by atoms with Gasteiger partial charge in [-0.3, -0.25) is 9.69 Å². The highest BCUT2D eigenvalue weighted by molar-refractivity contribution is 5.95. The van der Waals surface area contributed by atoms with Crippen molar-refractivity contribution < 1.29 is 23.9 Å². The maximum atomic E-state index is 12.8. The lowest BCUT2D eigenvalue weighted by Crippen LogP contribution is -2.52. The zero-order chi connectivity index (χ0) is 21.7. The van der Waals surface area contributed by atoms with E-state index in [0.29, 0.717) is 49.7 Å². The molecule has 0 bridgehead atoms. The molecular weight excluding hydrogens is 388 g/mol. The maximum Gasteiger partial charge on any atom is 0.338 e. The Morgan fingerprint density at radius 1 is 1.13 bits per heavy atom. The van der Waals surface area contributed by atoms with Gasteiger partial charge in [-0.25, -0.2) is 9.59 Å². The minimum absolute atomic E-state index is 0.0517. The molecule has 1 atom stereocenters. The smallest absolute Gasteiger partial charge is 0.338 e. The second-order valence-corrected chi connectivity index (χ2v) is 7.20. The molecule has 162 valence electrons. The molecule has 0 aliphatic carbocycles. The van der Waals surface area contributed by atoms with Gasteiger partial charge in [0.05, 0.1) is 25.3 Å². The second-order valence-electron chi connectivity index (χ2n) is 7.20. The van der Waals surface area contributed by atoms with Crippen molar-refractivity contribution in [2.45, 2.75) is 19.9 Å². The van der Waals surface area contributed by atoms with Crippen LogP contribution < -0.4 is 15.4 Å². The molecule has 1 fully saturated rings. The quantitative estimate of drug-likeness (QED) is 0.672. The van der Waals surface area contributed by atoms with Gasteiger partial charge in [0.25, 0.3) is 0 Å². The van der Waals surface area contributed by atoms with Gasteiger partial charge < -0.3 is 25.0 Å². The van der Waals surface area contributed by atoms with Gasteiger partial charge in [0.1, 0.15) is 5.75 Å². The van der Waals surface area contributed by atoms with Crippen LogP contribution in [-0.4, -0.2) is 74.1 Å². The number of nitrogens with one attached hydrogen (secondary N) is 2. The van der Waals surface area contributed by atoms with Gasteiger partial charge in [-0.15, -0.1) is 0 Å². The topological polar surface area (TPSA) is 100 Å². The molecule has 0 aromatic heterocycles. The Labute approximate surface area is 176 Å². The molecule has 9 nitrogen and oxygen atoms in total. The predicted octanol–water partition coefficient (Wildman–Crippen LogP) is 1.03. The van der Waals surface area contributed by atoms with Crippen molar-refractivity contribution in [2.75, 3.05) is 46.4 Å². The Hall–Kier alpha value is -3.07. The summed E-state index contributed by atoms with van der Waals surface area (Å²) in [5.74, 6) is 0.267. The van der Waals surface area contributed by atoms with Gasteiger partial charge in [-0.2, -0.15) is 0 Å². The van der Waals surface area contributed by atoms with Gasteiger partial charge in [0.15, 0.2) is 0 Å². The number of carbonyl (C=O) groups is 3. The SMILES string of the molecule is CCOC(=O)C1=C(CN2CCN(C(C)=O)CC2)NC(=O)NC1c1ccc(OC)cc1. The summed E-state index contributed by atoms with van der Waals surface area (Å²) in [7, 11) is 1.58. The van der Waals surface area contributed by atoms with E-state index in [1.165, 1.54) is 0 Å². The molecule has 1 aromatic rings. The summed E-state index contributed by atoms with van der Waals surface area (Å²) in [6, 6.07) is 6.20. The fraction of sp³-hybridized carbons (Fsp3) is 0.476. The molecule has 0 radical (unpaired) electrons. The summed E-state index contributed by atoms with van der Waals surface area (Å²) < 4.78 is 10.5. The summed E-state index contributed by atoms with van der Waals surface area (Å²) in [5, 5.41) is 5.62. The van der Waals surface area contributed by atoms with Crippen LogP contribution in [0.3, 0.4) is 0 Å². The molecule has 1 aromatic carbocycles. The Morgan fingerprint density at radius 3 is 2.37 bits per heavy atom. The zero-order valence-corrected chi connectivity index (χ0v) is 17.6. The van der Waals surface area contributed by atoms with Crippen LogP contribution in [0.15, 0.2) is 35.5 Å². The average molecular weight is 416 g/mol. The molecule has 2 N–H and O–H groups in total. The number of benzene rings is 1. The van der Waals surface area contributed by atoms with E-state index in [4.69, 9.17) is 9.47 Å². The third-order valence-electron chi connectivity index (χ3n) is 5.30. The summed E-state index contributed by atoms with van der Waals surface area (Å²) >= 11 is 0. The third-order valence-corrected chi connectivity index (χ3v) is 5.30. The van der Waals surface area contributed by atoms with Crippen molar-refractivity contribution in [3.63, 3.8) is 0 Å². The number of hydrogen-bond acceptors (Lipinski definition) is 6. The largest absolute Gasteiger partial charge is 0.497 e. The Balaban J connectivity index is 1.89. The van der Waals surface area contributed by atoms with Gasteiger partial charge in [0, 0.05) is 45.3 Å². The standard InChI is InChI=1S/C21H28N4O5/c1-4-30-20(27)18-17(13-24-9-11-25(12-10-24)14(2)26)22-21(28)23-19(18)15-5-7-16(29-3)8-6-15/h5-8,19H,4,9-13H2,1-3H3,(H2,22,23,28). The first kappa shape index (κ1) is 21.6. The molecule has 0 saturated carbocycles. The van der Waals surface area contributed by atoms with Gasteiger partial charge in [-0.05, 0) is 24.6 Å². The highest BCUT2D eigenvalue weighted by atomic mass is 16.5. The molecule has 0 spiro atoms. The number of nitrogens with zero attached hydrogens (tertiary/aromatic N) is 2. The van der Waals surface area contributed by atoms with Crippen molar-refractivity contribution in [1.29, 1.82) is 0 Å². The maximum absolute atomic E-state index is 12.8. The first-order chi connectivity index (χ1) is 14.4. The molecule has 3 amide bonds. The number of urea groups is 1. The minimum atomic E-state index is -0.628. The van der Waals surface area contributed by atoms with Gasteiger partial charge in [0.2, 0.25) is 5.91 Å². The molecule has 2 heterocycles. The van der Waals surface area contributed by atoms with Crippen LogP contribution >= 0.6 is 0 Å². The molecular formula is C21H28N4O5. The van der Waals surface area contributed by atoms with Crippen molar-refractivity contribution in [2.24, 2.45) is 0 Å². The van der Waals surface area contributed by atoms with Crippen LogP contribution in [0.4, 0.5) is 4.79 Å². The van der Waals surface area contributed by atoms with E-state index in [9.17, 15) is 14.4 Å². The summed E-state index contributed by atoms with van der Waals surface area (Å²) in [6.07, 6.45) is 0. The van der Waals surface area contributed by atoms with Crippen LogP contribution in [-0.2, 0) is 14.3 Å². The van der Waals surface area contributed by atoms with Crippen molar-refractivity contribution in [3.8, 4) is 5.75 Å². The lowest BCUT2D eigenvalue weighted by atomic mass is 9.94. The summed E-state index contributed by atoms with van der Waals surface area (Å²) in [5.41, 5.74) is 1.66. The lowest BCUT2D eigenvalue weighted by Gasteiger charge is -2.36. The molecule has 2 aliphatic heterocycles.